The lowest BCUT2D eigenvalue weighted by Gasteiger charge is -2.29. The van der Waals surface area contributed by atoms with E-state index in [0.29, 0.717) is 23.7 Å². The number of amides is 1. The highest BCUT2D eigenvalue weighted by Crippen LogP contribution is 2.20. The molecule has 0 atom stereocenters. The third-order valence-corrected chi connectivity index (χ3v) is 4.40. The second-order valence-corrected chi connectivity index (χ2v) is 6.69. The standard InChI is InChI=1S/C10H16N6O.C10H13NO/c1-17-15-6-8-9(11)13-7-14-10(8)16-4-2-12-3-5-16;1-8(2)9-3-5-10(6-4-9)11-7-12/h6-7,12H,2-5H2,1H3,(H2,11,13,14);3-8H,1-2H3,(H,11,12). The summed E-state index contributed by atoms with van der Waals surface area (Å²) in [6, 6.07) is 7.86. The minimum Gasteiger partial charge on any atom is -0.399 e. The van der Waals surface area contributed by atoms with Gasteiger partial charge in [-0.05, 0) is 23.6 Å². The number of rotatable bonds is 6. The molecular formula is C20H29N7O2. The van der Waals surface area contributed by atoms with Crippen LogP contribution in [0.25, 0.3) is 0 Å². The highest BCUT2D eigenvalue weighted by molar-refractivity contribution is 5.91. The molecule has 29 heavy (non-hydrogen) atoms. The van der Waals surface area contributed by atoms with Crippen LogP contribution in [0.4, 0.5) is 17.3 Å². The quantitative estimate of drug-likeness (QED) is 0.385. The van der Waals surface area contributed by atoms with Crippen molar-refractivity contribution in [2.45, 2.75) is 19.8 Å². The maximum absolute atomic E-state index is 10.1. The molecule has 9 nitrogen and oxygen atoms in total. The monoisotopic (exact) mass is 399 g/mol. The lowest BCUT2D eigenvalue weighted by Crippen LogP contribution is -2.44. The average Bonchev–Trinajstić information content (AvgIpc) is 2.74. The van der Waals surface area contributed by atoms with Crippen molar-refractivity contribution in [2.24, 2.45) is 5.16 Å². The number of carbonyl (C=O) groups is 1. The largest absolute Gasteiger partial charge is 0.399 e. The Bertz CT molecular complexity index is 788. The fourth-order valence-electron chi connectivity index (χ4n) is 2.79. The van der Waals surface area contributed by atoms with Crippen molar-refractivity contribution < 1.29 is 9.63 Å². The van der Waals surface area contributed by atoms with Crippen LogP contribution >= 0.6 is 0 Å². The summed E-state index contributed by atoms with van der Waals surface area (Å²) in [5.74, 6) is 1.75. The van der Waals surface area contributed by atoms with Crippen molar-refractivity contribution in [2.75, 3.05) is 49.2 Å². The van der Waals surface area contributed by atoms with Crippen LogP contribution in [-0.2, 0) is 9.63 Å². The summed E-state index contributed by atoms with van der Waals surface area (Å²) < 4.78 is 0. The Balaban J connectivity index is 0.000000221. The van der Waals surface area contributed by atoms with Gasteiger partial charge in [-0.1, -0.05) is 31.1 Å². The Morgan fingerprint density at radius 3 is 2.52 bits per heavy atom. The number of carbonyl (C=O) groups excluding carboxylic acids is 1. The molecule has 2 heterocycles. The van der Waals surface area contributed by atoms with E-state index >= 15 is 0 Å². The molecule has 1 amide bonds. The van der Waals surface area contributed by atoms with Gasteiger partial charge in [-0.3, -0.25) is 4.79 Å². The van der Waals surface area contributed by atoms with Gasteiger partial charge in [-0.15, -0.1) is 0 Å². The molecule has 1 aromatic carbocycles. The fraction of sp³-hybridized carbons (Fsp3) is 0.400. The van der Waals surface area contributed by atoms with E-state index in [1.54, 1.807) is 6.21 Å². The van der Waals surface area contributed by atoms with Crippen molar-refractivity contribution >= 4 is 29.9 Å². The molecule has 0 aliphatic carbocycles. The van der Waals surface area contributed by atoms with Crippen LogP contribution in [0.3, 0.4) is 0 Å². The molecule has 1 fully saturated rings. The molecule has 3 rings (SSSR count). The smallest absolute Gasteiger partial charge is 0.211 e. The van der Waals surface area contributed by atoms with Gasteiger partial charge in [0.25, 0.3) is 0 Å². The van der Waals surface area contributed by atoms with E-state index in [1.807, 2.05) is 24.3 Å². The summed E-state index contributed by atoms with van der Waals surface area (Å²) in [7, 11) is 1.49. The molecule has 0 spiro atoms. The first-order chi connectivity index (χ1) is 14.1. The number of nitrogens with two attached hydrogens (primary N) is 1. The van der Waals surface area contributed by atoms with Gasteiger partial charge in [0.05, 0.1) is 11.8 Å². The fourth-order valence-corrected chi connectivity index (χ4v) is 2.79. The zero-order valence-corrected chi connectivity index (χ0v) is 17.1. The molecule has 4 N–H and O–H groups in total. The summed E-state index contributed by atoms with van der Waals surface area (Å²) in [5, 5.41) is 9.61. The van der Waals surface area contributed by atoms with Gasteiger partial charge in [0.2, 0.25) is 6.41 Å². The summed E-state index contributed by atoms with van der Waals surface area (Å²) in [5.41, 5.74) is 8.66. The average molecular weight is 399 g/mol. The Hall–Kier alpha value is -3.20. The lowest BCUT2D eigenvalue weighted by atomic mass is 10.0. The molecule has 1 saturated heterocycles. The first kappa shape index (κ1) is 22.1. The van der Waals surface area contributed by atoms with Crippen LogP contribution in [0.5, 0.6) is 0 Å². The van der Waals surface area contributed by atoms with E-state index in [4.69, 9.17) is 5.73 Å². The van der Waals surface area contributed by atoms with Crippen LogP contribution in [0.2, 0.25) is 0 Å². The third-order valence-electron chi connectivity index (χ3n) is 4.40. The predicted octanol–water partition coefficient (Wildman–Crippen LogP) is 1.83. The third kappa shape index (κ3) is 6.72. The molecule has 9 heteroatoms. The van der Waals surface area contributed by atoms with Gasteiger partial charge in [-0.2, -0.15) is 0 Å². The molecule has 156 valence electrons. The number of nitrogens with one attached hydrogen (secondary N) is 2. The Morgan fingerprint density at radius 1 is 1.24 bits per heavy atom. The minimum atomic E-state index is 0.411. The number of nitrogens with zero attached hydrogens (tertiary/aromatic N) is 4. The van der Waals surface area contributed by atoms with Gasteiger partial charge in [0.1, 0.15) is 25.1 Å². The Morgan fingerprint density at radius 2 is 1.93 bits per heavy atom. The van der Waals surface area contributed by atoms with Crippen molar-refractivity contribution in [3.05, 3.63) is 41.7 Å². The van der Waals surface area contributed by atoms with Crippen molar-refractivity contribution in [3.8, 4) is 0 Å². The first-order valence-electron chi connectivity index (χ1n) is 9.49. The van der Waals surface area contributed by atoms with Gasteiger partial charge < -0.3 is 26.1 Å². The number of hydrogen-bond acceptors (Lipinski definition) is 8. The maximum atomic E-state index is 10.1. The van der Waals surface area contributed by atoms with Crippen LogP contribution in [0.1, 0.15) is 30.9 Å². The molecule has 0 bridgehead atoms. The molecule has 1 aliphatic rings. The highest BCUT2D eigenvalue weighted by Gasteiger charge is 2.17. The second-order valence-electron chi connectivity index (χ2n) is 6.69. The predicted molar refractivity (Wildman–Crippen MR) is 116 cm³/mol. The van der Waals surface area contributed by atoms with E-state index in [2.05, 4.69) is 49.3 Å². The van der Waals surface area contributed by atoms with E-state index in [-0.39, 0.29) is 0 Å². The van der Waals surface area contributed by atoms with E-state index in [1.165, 1.54) is 19.0 Å². The Kier molecular flexibility index (Phi) is 8.84. The number of oxime groups is 1. The first-order valence-corrected chi connectivity index (χ1v) is 9.49. The minimum absolute atomic E-state index is 0.411. The molecular weight excluding hydrogens is 370 g/mol. The summed E-state index contributed by atoms with van der Waals surface area (Å²) in [4.78, 5) is 25.2. The van der Waals surface area contributed by atoms with Crippen LogP contribution in [-0.4, -0.2) is 55.9 Å². The zero-order valence-electron chi connectivity index (χ0n) is 17.1. The van der Waals surface area contributed by atoms with Gasteiger partial charge in [-0.25, -0.2) is 9.97 Å². The molecule has 1 aliphatic heterocycles. The zero-order chi connectivity index (χ0) is 21.1. The number of aromatic nitrogens is 2. The van der Waals surface area contributed by atoms with E-state index in [9.17, 15) is 4.79 Å². The number of nitrogen functional groups attached to an aromatic ring is 1. The number of piperazine rings is 1. The van der Waals surface area contributed by atoms with Crippen LogP contribution < -0.4 is 21.3 Å². The molecule has 0 unspecified atom stereocenters. The normalized spacial score (nSPS) is 13.7. The van der Waals surface area contributed by atoms with Crippen molar-refractivity contribution in [3.63, 3.8) is 0 Å². The van der Waals surface area contributed by atoms with E-state index < -0.39 is 0 Å². The van der Waals surface area contributed by atoms with Crippen molar-refractivity contribution in [1.82, 2.24) is 15.3 Å². The number of hydrogen-bond donors (Lipinski definition) is 3. The second kappa shape index (κ2) is 11.6. The van der Waals surface area contributed by atoms with Crippen LogP contribution in [0, 0.1) is 0 Å². The summed E-state index contributed by atoms with van der Waals surface area (Å²) in [6.45, 7) is 7.94. The SMILES string of the molecule is CC(C)c1ccc(NC=O)cc1.CON=Cc1c(N)ncnc1N1CCNCC1. The van der Waals surface area contributed by atoms with Crippen molar-refractivity contribution in [1.29, 1.82) is 0 Å². The van der Waals surface area contributed by atoms with Crippen LogP contribution in [0.15, 0.2) is 35.7 Å². The summed E-state index contributed by atoms with van der Waals surface area (Å²) in [6.07, 6.45) is 3.70. The van der Waals surface area contributed by atoms with E-state index in [0.717, 1.165) is 37.7 Å². The molecule has 0 saturated carbocycles. The maximum Gasteiger partial charge on any atom is 0.211 e. The van der Waals surface area contributed by atoms with Gasteiger partial charge >= 0.3 is 0 Å². The highest BCUT2D eigenvalue weighted by atomic mass is 16.6. The van der Waals surface area contributed by atoms with Gasteiger partial charge in [0, 0.05) is 31.9 Å². The van der Waals surface area contributed by atoms with Gasteiger partial charge in [0.15, 0.2) is 0 Å². The number of benzene rings is 1. The molecule has 1 aromatic heterocycles. The molecule has 0 radical (unpaired) electrons. The Labute approximate surface area is 171 Å². The number of anilines is 3. The topological polar surface area (TPSA) is 118 Å². The summed E-state index contributed by atoms with van der Waals surface area (Å²) >= 11 is 0. The lowest BCUT2D eigenvalue weighted by molar-refractivity contribution is -0.105. The molecule has 2 aromatic rings.